The lowest BCUT2D eigenvalue weighted by atomic mass is 10.4. The Morgan fingerprint density at radius 1 is 1.00 bits per heavy atom. The summed E-state index contributed by atoms with van der Waals surface area (Å²) in [4.78, 5) is 11.7. The number of rotatable bonds is 0. The smallest absolute Gasteiger partial charge is 0.223 e. The third-order valence-corrected chi connectivity index (χ3v) is 1.77. The van der Waals surface area contributed by atoms with Crippen molar-refractivity contribution in [2.75, 3.05) is 0 Å². The van der Waals surface area contributed by atoms with Gasteiger partial charge in [0.05, 0.1) is 11.7 Å². The molecule has 2 aromatic rings. The molecule has 0 aliphatic rings. The summed E-state index contributed by atoms with van der Waals surface area (Å²) in [6.45, 7) is 0. The minimum absolute atomic E-state index is 0.214. The predicted molar refractivity (Wildman–Crippen MR) is 47.4 cm³/mol. The van der Waals surface area contributed by atoms with Crippen LogP contribution < -0.4 is 0 Å². The van der Waals surface area contributed by atoms with E-state index in [0.717, 1.165) is 0 Å². The minimum Gasteiger partial charge on any atom is -0.233 e. The van der Waals surface area contributed by atoms with Crippen LogP contribution in [0.4, 0.5) is 0 Å². The summed E-state index contributed by atoms with van der Waals surface area (Å²) in [6, 6.07) is 3.41. The van der Waals surface area contributed by atoms with Gasteiger partial charge in [0, 0.05) is 0 Å². The van der Waals surface area contributed by atoms with Crippen LogP contribution in [0.15, 0.2) is 18.3 Å². The fourth-order valence-corrected chi connectivity index (χ4v) is 1.17. The zero-order valence-corrected chi connectivity index (χ0v) is 7.34. The summed E-state index contributed by atoms with van der Waals surface area (Å²) < 4.78 is 0. The maximum Gasteiger partial charge on any atom is 0.223 e. The van der Waals surface area contributed by atoms with E-state index < -0.39 is 0 Å². The Kier molecular flexibility index (Phi) is 1.83. The average Bonchev–Trinajstić information content (AvgIpc) is 2.05. The standard InChI is InChI=1S/C7H3Cl2N3/c8-6-2-1-4-5(11-6)3-10-7(9)12-4/h1-3H. The highest BCUT2D eigenvalue weighted by Gasteiger charge is 1.98. The van der Waals surface area contributed by atoms with Crippen LogP contribution in [0.3, 0.4) is 0 Å². The van der Waals surface area contributed by atoms with E-state index in [2.05, 4.69) is 15.0 Å². The van der Waals surface area contributed by atoms with Gasteiger partial charge in [0.25, 0.3) is 0 Å². The zero-order valence-electron chi connectivity index (χ0n) is 5.83. The van der Waals surface area contributed by atoms with Gasteiger partial charge in [-0.25, -0.2) is 15.0 Å². The number of nitrogens with zero attached hydrogens (tertiary/aromatic N) is 3. The van der Waals surface area contributed by atoms with Crippen LogP contribution in [-0.4, -0.2) is 15.0 Å². The van der Waals surface area contributed by atoms with E-state index in [1.165, 1.54) is 6.20 Å². The van der Waals surface area contributed by atoms with Gasteiger partial charge in [0.15, 0.2) is 0 Å². The van der Waals surface area contributed by atoms with E-state index in [4.69, 9.17) is 23.2 Å². The number of halogens is 2. The summed E-state index contributed by atoms with van der Waals surface area (Å²) in [5.41, 5.74) is 1.34. The normalized spacial score (nSPS) is 10.5. The van der Waals surface area contributed by atoms with Gasteiger partial charge in [-0.15, -0.1) is 0 Å². The topological polar surface area (TPSA) is 38.7 Å². The number of hydrogen-bond acceptors (Lipinski definition) is 3. The molecule has 0 N–H and O–H groups in total. The van der Waals surface area contributed by atoms with E-state index in [0.29, 0.717) is 16.2 Å². The molecule has 5 heteroatoms. The van der Waals surface area contributed by atoms with Crippen LogP contribution >= 0.6 is 23.2 Å². The fourth-order valence-electron chi connectivity index (χ4n) is 0.875. The van der Waals surface area contributed by atoms with E-state index in [9.17, 15) is 0 Å². The minimum atomic E-state index is 0.214. The van der Waals surface area contributed by atoms with Crippen molar-refractivity contribution in [2.45, 2.75) is 0 Å². The van der Waals surface area contributed by atoms with Gasteiger partial charge in [-0.3, -0.25) is 0 Å². The van der Waals surface area contributed by atoms with Crippen molar-refractivity contribution in [3.05, 3.63) is 28.8 Å². The number of fused-ring (bicyclic) bond motifs is 1. The van der Waals surface area contributed by atoms with Crippen LogP contribution in [0.25, 0.3) is 11.0 Å². The molecule has 0 amide bonds. The summed E-state index contributed by atoms with van der Waals surface area (Å²) in [7, 11) is 0. The predicted octanol–water partition coefficient (Wildman–Crippen LogP) is 2.33. The van der Waals surface area contributed by atoms with Crippen molar-refractivity contribution in [3.63, 3.8) is 0 Å². The third kappa shape index (κ3) is 1.33. The van der Waals surface area contributed by atoms with E-state index in [1.807, 2.05) is 0 Å². The molecule has 0 aliphatic heterocycles. The number of hydrogen-bond donors (Lipinski definition) is 0. The maximum absolute atomic E-state index is 5.66. The summed E-state index contributed by atoms with van der Waals surface area (Å²) >= 11 is 11.2. The molecule has 2 heterocycles. The highest BCUT2D eigenvalue weighted by atomic mass is 35.5. The average molecular weight is 200 g/mol. The Morgan fingerprint density at radius 2 is 1.83 bits per heavy atom. The van der Waals surface area contributed by atoms with Crippen molar-refractivity contribution >= 4 is 34.2 Å². The van der Waals surface area contributed by atoms with Gasteiger partial charge >= 0.3 is 0 Å². The van der Waals surface area contributed by atoms with Crippen LogP contribution in [0.5, 0.6) is 0 Å². The molecular weight excluding hydrogens is 197 g/mol. The van der Waals surface area contributed by atoms with Crippen molar-refractivity contribution in [1.82, 2.24) is 15.0 Å². The Labute approximate surface area is 78.4 Å². The van der Waals surface area contributed by atoms with E-state index in [1.54, 1.807) is 12.1 Å². The Hall–Kier alpha value is -0.930. The molecule has 0 radical (unpaired) electrons. The van der Waals surface area contributed by atoms with E-state index >= 15 is 0 Å². The summed E-state index contributed by atoms with van der Waals surface area (Å²) in [6.07, 6.45) is 1.54. The molecule has 3 nitrogen and oxygen atoms in total. The van der Waals surface area contributed by atoms with Crippen molar-refractivity contribution in [1.29, 1.82) is 0 Å². The number of pyridine rings is 1. The van der Waals surface area contributed by atoms with Crippen molar-refractivity contribution in [2.24, 2.45) is 0 Å². The Morgan fingerprint density at radius 3 is 2.67 bits per heavy atom. The molecule has 0 aromatic carbocycles. The Bertz CT molecular complexity index is 389. The second kappa shape index (κ2) is 2.84. The molecule has 0 saturated carbocycles. The van der Waals surface area contributed by atoms with Gasteiger partial charge in [0.2, 0.25) is 5.28 Å². The van der Waals surface area contributed by atoms with Gasteiger partial charge in [-0.05, 0) is 23.7 Å². The van der Waals surface area contributed by atoms with Gasteiger partial charge in [0.1, 0.15) is 10.7 Å². The van der Waals surface area contributed by atoms with Gasteiger partial charge in [-0.1, -0.05) is 11.6 Å². The molecule has 0 saturated heterocycles. The maximum atomic E-state index is 5.66. The van der Waals surface area contributed by atoms with E-state index in [-0.39, 0.29) is 5.28 Å². The molecule has 2 aromatic heterocycles. The lowest BCUT2D eigenvalue weighted by molar-refractivity contribution is 1.20. The molecule has 2 rings (SSSR count). The molecule has 0 atom stereocenters. The van der Waals surface area contributed by atoms with Crippen LogP contribution in [0.2, 0.25) is 10.4 Å². The zero-order chi connectivity index (χ0) is 8.55. The number of aromatic nitrogens is 3. The highest BCUT2D eigenvalue weighted by molar-refractivity contribution is 6.30. The van der Waals surface area contributed by atoms with Gasteiger partial charge < -0.3 is 0 Å². The highest BCUT2D eigenvalue weighted by Crippen LogP contribution is 2.13. The first-order valence-electron chi connectivity index (χ1n) is 3.20. The van der Waals surface area contributed by atoms with Crippen molar-refractivity contribution < 1.29 is 0 Å². The molecular formula is C7H3Cl2N3. The second-order valence-electron chi connectivity index (χ2n) is 2.18. The molecule has 0 fully saturated rings. The molecule has 0 bridgehead atoms. The summed E-state index contributed by atoms with van der Waals surface area (Å²) in [5.74, 6) is 0. The van der Waals surface area contributed by atoms with Crippen LogP contribution in [-0.2, 0) is 0 Å². The van der Waals surface area contributed by atoms with Crippen molar-refractivity contribution in [3.8, 4) is 0 Å². The van der Waals surface area contributed by atoms with Crippen LogP contribution in [0, 0.1) is 0 Å². The SMILES string of the molecule is Clc1ccc2nc(Cl)ncc2n1. The lowest BCUT2D eigenvalue weighted by Gasteiger charge is -1.95. The lowest BCUT2D eigenvalue weighted by Crippen LogP contribution is -1.86. The quantitative estimate of drug-likeness (QED) is 0.483. The molecule has 0 spiro atoms. The monoisotopic (exact) mass is 199 g/mol. The third-order valence-electron chi connectivity index (χ3n) is 1.37. The first-order chi connectivity index (χ1) is 5.75. The second-order valence-corrected chi connectivity index (χ2v) is 2.90. The molecule has 0 aliphatic carbocycles. The summed E-state index contributed by atoms with van der Waals surface area (Å²) in [5, 5.41) is 0.639. The Balaban J connectivity index is 2.79. The first-order valence-corrected chi connectivity index (χ1v) is 3.96. The molecule has 12 heavy (non-hydrogen) atoms. The molecule has 60 valence electrons. The largest absolute Gasteiger partial charge is 0.233 e. The fraction of sp³-hybridized carbons (Fsp3) is 0. The molecule has 0 unspecified atom stereocenters. The first kappa shape index (κ1) is 7.71. The van der Waals surface area contributed by atoms with Gasteiger partial charge in [-0.2, -0.15) is 0 Å². The van der Waals surface area contributed by atoms with Crippen LogP contribution in [0.1, 0.15) is 0 Å².